The normalized spacial score (nSPS) is 12.9. The van der Waals surface area contributed by atoms with Crippen LogP contribution in [0.4, 0.5) is 5.69 Å². The molecule has 4 aromatic rings. The Labute approximate surface area is 200 Å². The van der Waals surface area contributed by atoms with Gasteiger partial charge in [0.25, 0.3) is 5.91 Å². The minimum absolute atomic E-state index is 0.0691. The molecule has 0 bridgehead atoms. The number of amides is 1. The predicted molar refractivity (Wildman–Crippen MR) is 138 cm³/mol. The van der Waals surface area contributed by atoms with Gasteiger partial charge >= 0.3 is 0 Å². The van der Waals surface area contributed by atoms with Crippen molar-refractivity contribution in [1.29, 1.82) is 0 Å². The first kappa shape index (κ1) is 23.3. The highest BCUT2D eigenvalue weighted by molar-refractivity contribution is 5.88. The smallest absolute Gasteiger partial charge is 0.259 e. The first-order chi connectivity index (χ1) is 16.4. The molecule has 0 spiro atoms. The minimum atomic E-state index is -1.79. The van der Waals surface area contributed by atoms with Crippen molar-refractivity contribution in [3.63, 3.8) is 0 Å². The highest BCUT2D eigenvalue weighted by Crippen LogP contribution is 2.33. The first-order valence-corrected chi connectivity index (χ1v) is 11.5. The molecule has 174 valence electrons. The third kappa shape index (κ3) is 4.61. The number of benzene rings is 3. The lowest BCUT2D eigenvalue weighted by molar-refractivity contribution is -0.153. The molecule has 0 saturated carbocycles. The number of hydrogen-bond acceptors (Lipinski definition) is 3. The maximum absolute atomic E-state index is 14.0. The van der Waals surface area contributed by atoms with Gasteiger partial charge in [0.1, 0.15) is 0 Å². The maximum Gasteiger partial charge on any atom is 0.259 e. The van der Waals surface area contributed by atoms with Crippen molar-refractivity contribution >= 4 is 22.5 Å². The lowest BCUT2D eigenvalue weighted by Crippen LogP contribution is -2.47. The van der Waals surface area contributed by atoms with Crippen molar-refractivity contribution in [3.8, 4) is 0 Å². The molecule has 1 aromatic heterocycles. The molecule has 0 aliphatic rings. The van der Waals surface area contributed by atoms with E-state index in [1.54, 1.807) is 35.2 Å². The van der Waals surface area contributed by atoms with E-state index in [1.165, 1.54) is 5.39 Å². The van der Waals surface area contributed by atoms with Crippen molar-refractivity contribution in [2.75, 3.05) is 12.3 Å². The summed E-state index contributed by atoms with van der Waals surface area (Å²) < 4.78 is 2.10. The minimum Gasteiger partial charge on any atom is -0.398 e. The van der Waals surface area contributed by atoms with E-state index in [4.69, 9.17) is 5.73 Å². The fourth-order valence-corrected chi connectivity index (χ4v) is 4.59. The van der Waals surface area contributed by atoms with Gasteiger partial charge in [-0.05, 0) is 29.7 Å². The van der Waals surface area contributed by atoms with Gasteiger partial charge in [0.05, 0.1) is 0 Å². The van der Waals surface area contributed by atoms with E-state index in [0.29, 0.717) is 30.8 Å². The van der Waals surface area contributed by atoms with Crippen molar-refractivity contribution in [2.24, 2.45) is 7.05 Å². The van der Waals surface area contributed by atoms with Gasteiger partial charge in [-0.3, -0.25) is 4.79 Å². The molecule has 4 rings (SSSR count). The number of aryl methyl sites for hydroxylation is 1. The number of aliphatic hydroxyl groups is 1. The van der Waals surface area contributed by atoms with E-state index < -0.39 is 5.60 Å². The summed E-state index contributed by atoms with van der Waals surface area (Å²) in [5.74, 6) is -0.380. The lowest BCUT2D eigenvalue weighted by Gasteiger charge is -2.34. The number of carbonyl (C=O) groups excluding carboxylic acids is 1. The van der Waals surface area contributed by atoms with E-state index in [2.05, 4.69) is 29.5 Å². The molecule has 0 aliphatic carbocycles. The molecule has 1 atom stereocenters. The number of hydrogen-bond donors (Lipinski definition) is 2. The second-order valence-electron chi connectivity index (χ2n) is 8.69. The summed E-state index contributed by atoms with van der Waals surface area (Å²) in [6.45, 7) is 4.62. The van der Waals surface area contributed by atoms with Crippen molar-refractivity contribution in [1.82, 2.24) is 9.47 Å². The second-order valence-corrected chi connectivity index (χ2v) is 8.69. The van der Waals surface area contributed by atoms with Crippen molar-refractivity contribution in [2.45, 2.75) is 25.0 Å². The number of fused-ring (bicyclic) bond motifs is 1. The summed E-state index contributed by atoms with van der Waals surface area (Å²) >= 11 is 0. The molecule has 1 amide bonds. The summed E-state index contributed by atoms with van der Waals surface area (Å²) in [7, 11) is 2.03. The Balaban J connectivity index is 1.69. The van der Waals surface area contributed by atoms with Gasteiger partial charge in [-0.1, -0.05) is 72.8 Å². The number of carbonyl (C=O) groups is 1. The topological polar surface area (TPSA) is 71.5 Å². The Kier molecular flexibility index (Phi) is 6.85. The zero-order valence-electron chi connectivity index (χ0n) is 19.5. The number of aromatic nitrogens is 1. The van der Waals surface area contributed by atoms with E-state index >= 15 is 0 Å². The van der Waals surface area contributed by atoms with Crippen LogP contribution < -0.4 is 5.73 Å². The summed E-state index contributed by atoms with van der Waals surface area (Å²) in [6, 6.07) is 25.1. The van der Waals surface area contributed by atoms with Gasteiger partial charge in [0.15, 0.2) is 5.60 Å². The Hall–Kier alpha value is -3.83. The highest BCUT2D eigenvalue weighted by atomic mass is 16.3. The zero-order valence-corrected chi connectivity index (χ0v) is 19.5. The quantitative estimate of drug-likeness (QED) is 0.283. The van der Waals surface area contributed by atoms with Gasteiger partial charge in [-0.2, -0.15) is 0 Å². The van der Waals surface area contributed by atoms with Gasteiger partial charge in [-0.25, -0.2) is 0 Å². The average Bonchev–Trinajstić information content (AvgIpc) is 3.18. The number of anilines is 1. The molecule has 0 saturated heterocycles. The molecule has 0 fully saturated rings. The molecule has 3 N–H and O–H groups in total. The SMILES string of the molecule is C=CCC(O)(C(=O)N(CCc1cn(C)c2ccccc12)Cc1ccccc1)c1ccccc1N. The van der Waals surface area contributed by atoms with Crippen LogP contribution in [0.3, 0.4) is 0 Å². The number of nitrogen functional groups attached to an aromatic ring is 1. The van der Waals surface area contributed by atoms with Crippen molar-refractivity contribution in [3.05, 3.63) is 114 Å². The molecule has 0 radical (unpaired) electrons. The first-order valence-electron chi connectivity index (χ1n) is 11.5. The van der Waals surface area contributed by atoms with Crippen molar-refractivity contribution < 1.29 is 9.90 Å². The number of nitrogens with zero attached hydrogens (tertiary/aromatic N) is 2. The second kappa shape index (κ2) is 9.98. The molecular formula is C29H31N3O2. The van der Waals surface area contributed by atoms with Gasteiger partial charge in [0.2, 0.25) is 0 Å². The molecule has 1 heterocycles. The molecule has 5 nitrogen and oxygen atoms in total. The van der Waals surface area contributed by atoms with E-state index in [1.807, 2.05) is 49.5 Å². The van der Waals surface area contributed by atoms with Crippen LogP contribution in [0.1, 0.15) is 23.1 Å². The third-order valence-corrected chi connectivity index (χ3v) is 6.33. The van der Waals surface area contributed by atoms with Crippen LogP contribution in [-0.2, 0) is 30.4 Å². The number of nitrogens with two attached hydrogens (primary N) is 1. The standard InChI is InChI=1S/C29H31N3O2/c1-3-18-29(34,25-14-8-9-15-26(25)30)28(33)32(20-22-11-5-4-6-12-22)19-17-23-21-31(2)27-16-10-7-13-24(23)27/h3-16,21,34H,1,17-20,30H2,2H3. The molecule has 5 heteroatoms. The van der Waals surface area contributed by atoms with E-state index in [-0.39, 0.29) is 12.3 Å². The highest BCUT2D eigenvalue weighted by Gasteiger charge is 2.41. The van der Waals surface area contributed by atoms with Crippen LogP contribution in [0.2, 0.25) is 0 Å². The van der Waals surface area contributed by atoms with Crippen LogP contribution >= 0.6 is 0 Å². The average molecular weight is 454 g/mol. The summed E-state index contributed by atoms with van der Waals surface area (Å²) in [6.07, 6.45) is 4.41. The van der Waals surface area contributed by atoms with Crippen LogP contribution in [0, 0.1) is 0 Å². The summed E-state index contributed by atoms with van der Waals surface area (Å²) in [5, 5.41) is 12.9. The fraction of sp³-hybridized carbons (Fsp3) is 0.207. The van der Waals surface area contributed by atoms with Gasteiger partial charge in [0, 0.05) is 54.9 Å². The molecule has 3 aromatic carbocycles. The Morgan fingerprint density at radius 1 is 1.06 bits per heavy atom. The van der Waals surface area contributed by atoms with Crippen LogP contribution in [-0.4, -0.2) is 27.0 Å². The largest absolute Gasteiger partial charge is 0.398 e. The number of para-hydroxylation sites is 2. The monoisotopic (exact) mass is 453 g/mol. The molecule has 34 heavy (non-hydrogen) atoms. The lowest BCUT2D eigenvalue weighted by atomic mass is 9.87. The van der Waals surface area contributed by atoms with Crippen LogP contribution in [0.5, 0.6) is 0 Å². The summed E-state index contributed by atoms with van der Waals surface area (Å²) in [5.41, 5.74) is 8.50. The molecule has 0 aliphatic heterocycles. The van der Waals surface area contributed by atoms with Gasteiger partial charge in [-0.15, -0.1) is 6.58 Å². The Morgan fingerprint density at radius 2 is 1.74 bits per heavy atom. The van der Waals surface area contributed by atoms with Crippen LogP contribution in [0.25, 0.3) is 10.9 Å². The third-order valence-electron chi connectivity index (χ3n) is 6.33. The van der Waals surface area contributed by atoms with E-state index in [0.717, 1.165) is 16.6 Å². The maximum atomic E-state index is 14.0. The molecular weight excluding hydrogens is 422 g/mol. The summed E-state index contributed by atoms with van der Waals surface area (Å²) in [4.78, 5) is 15.7. The predicted octanol–water partition coefficient (Wildman–Crippen LogP) is 4.80. The number of rotatable bonds is 9. The molecule has 1 unspecified atom stereocenters. The van der Waals surface area contributed by atoms with Crippen LogP contribution in [0.15, 0.2) is 97.7 Å². The Bertz CT molecular complexity index is 1300. The van der Waals surface area contributed by atoms with E-state index in [9.17, 15) is 9.90 Å². The Morgan fingerprint density at radius 3 is 2.47 bits per heavy atom. The fourth-order valence-electron chi connectivity index (χ4n) is 4.59. The van der Waals surface area contributed by atoms with Gasteiger partial charge < -0.3 is 20.3 Å². The zero-order chi connectivity index (χ0) is 24.1.